The molecule has 0 heterocycles. The predicted molar refractivity (Wildman–Crippen MR) is 102 cm³/mol. The number of amides is 1. The average Bonchev–Trinajstić information content (AvgIpc) is 2.67. The van der Waals surface area contributed by atoms with E-state index < -0.39 is 11.7 Å². The summed E-state index contributed by atoms with van der Waals surface area (Å²) in [5.74, 6) is 0.624. The Morgan fingerprint density at radius 1 is 0.929 bits per heavy atom. The van der Waals surface area contributed by atoms with E-state index in [0.29, 0.717) is 12.1 Å². The number of methoxy groups -OCH3 is 1. The second-order valence-electron chi connectivity index (χ2n) is 6.67. The molecule has 0 bridgehead atoms. The Morgan fingerprint density at radius 2 is 1.54 bits per heavy atom. The van der Waals surface area contributed by atoms with Gasteiger partial charge in [-0.2, -0.15) is 13.2 Å². The number of hydrogen-bond donors (Lipinski definition) is 0. The van der Waals surface area contributed by atoms with E-state index in [1.165, 1.54) is 12.1 Å². The third kappa shape index (κ3) is 4.63. The van der Waals surface area contributed by atoms with E-state index in [0.717, 1.165) is 34.2 Å². The third-order valence-corrected chi connectivity index (χ3v) is 4.59. The molecule has 0 aliphatic rings. The number of carbonyl (C=O) groups excluding carboxylic acids is 1. The first-order valence-electron chi connectivity index (χ1n) is 8.73. The summed E-state index contributed by atoms with van der Waals surface area (Å²) >= 11 is 0. The molecule has 0 saturated carbocycles. The molecule has 0 N–H and O–H groups in total. The van der Waals surface area contributed by atoms with Crippen LogP contribution in [0.4, 0.5) is 13.2 Å². The molecule has 0 spiro atoms. The van der Waals surface area contributed by atoms with Crippen LogP contribution in [0.2, 0.25) is 0 Å². The zero-order valence-corrected chi connectivity index (χ0v) is 15.6. The van der Waals surface area contributed by atoms with Crippen molar-refractivity contribution in [1.29, 1.82) is 0 Å². The number of likely N-dealkylation sites (N-methyl/N-ethyl adjacent to an activating group) is 1. The number of rotatable bonds is 5. The molecule has 3 aromatic rings. The van der Waals surface area contributed by atoms with E-state index in [9.17, 15) is 18.0 Å². The van der Waals surface area contributed by atoms with E-state index >= 15 is 0 Å². The molecule has 6 heteroatoms. The third-order valence-electron chi connectivity index (χ3n) is 4.59. The Hall–Kier alpha value is -3.02. The summed E-state index contributed by atoms with van der Waals surface area (Å²) in [5, 5.41) is 2.09. The molecule has 146 valence electrons. The maximum absolute atomic E-state index is 12.6. The minimum atomic E-state index is -4.38. The fraction of sp³-hybridized carbons (Fsp3) is 0.227. The van der Waals surface area contributed by atoms with Gasteiger partial charge in [0, 0.05) is 13.6 Å². The lowest BCUT2D eigenvalue weighted by Gasteiger charge is -2.18. The van der Waals surface area contributed by atoms with Crippen molar-refractivity contribution in [3.05, 3.63) is 77.4 Å². The van der Waals surface area contributed by atoms with Crippen LogP contribution < -0.4 is 4.74 Å². The highest BCUT2D eigenvalue weighted by Gasteiger charge is 2.30. The highest BCUT2D eigenvalue weighted by Crippen LogP contribution is 2.29. The van der Waals surface area contributed by atoms with Crippen molar-refractivity contribution in [3.8, 4) is 5.75 Å². The van der Waals surface area contributed by atoms with Gasteiger partial charge in [-0.3, -0.25) is 4.79 Å². The number of alkyl halides is 3. The lowest BCUT2D eigenvalue weighted by atomic mass is 10.1. The van der Waals surface area contributed by atoms with Gasteiger partial charge in [-0.15, -0.1) is 0 Å². The Morgan fingerprint density at radius 3 is 2.18 bits per heavy atom. The smallest absolute Gasteiger partial charge is 0.416 e. The lowest BCUT2D eigenvalue weighted by Crippen LogP contribution is -2.27. The highest BCUT2D eigenvalue weighted by molar-refractivity contribution is 5.85. The molecule has 3 rings (SSSR count). The molecule has 1 amide bonds. The monoisotopic (exact) mass is 387 g/mol. The van der Waals surface area contributed by atoms with Gasteiger partial charge in [-0.25, -0.2) is 0 Å². The minimum Gasteiger partial charge on any atom is -0.497 e. The SMILES string of the molecule is COc1ccc2cc(CN(C)C(=O)Cc3ccc(C(F)(F)F)cc3)ccc2c1. The standard InChI is InChI=1S/C22H20F3NO2/c1-26(21(27)12-15-4-8-19(9-5-15)22(23,24)25)14-16-3-6-18-13-20(28-2)10-7-17(18)11-16/h3-11,13H,12,14H2,1-2H3. The molecule has 0 aromatic heterocycles. The van der Waals surface area contributed by atoms with Crippen molar-refractivity contribution in [2.24, 2.45) is 0 Å². The van der Waals surface area contributed by atoms with Crippen molar-refractivity contribution >= 4 is 16.7 Å². The van der Waals surface area contributed by atoms with Gasteiger partial charge in [-0.1, -0.05) is 30.3 Å². The first-order valence-corrected chi connectivity index (χ1v) is 8.73. The second kappa shape index (κ2) is 7.92. The molecule has 0 atom stereocenters. The van der Waals surface area contributed by atoms with E-state index in [1.807, 2.05) is 36.4 Å². The first-order chi connectivity index (χ1) is 13.3. The summed E-state index contributed by atoms with van der Waals surface area (Å²) < 4.78 is 43.1. The molecule has 3 aromatic carbocycles. The molecular weight excluding hydrogens is 367 g/mol. The van der Waals surface area contributed by atoms with Crippen molar-refractivity contribution < 1.29 is 22.7 Å². The van der Waals surface area contributed by atoms with Crippen LogP contribution in [0.15, 0.2) is 60.7 Å². The summed E-state index contributed by atoms with van der Waals surface area (Å²) in [5.41, 5.74) is 0.807. The summed E-state index contributed by atoms with van der Waals surface area (Å²) in [6.45, 7) is 0.418. The largest absolute Gasteiger partial charge is 0.497 e. The summed E-state index contributed by atoms with van der Waals surface area (Å²) in [4.78, 5) is 14.0. The molecule has 0 aliphatic heterocycles. The highest BCUT2D eigenvalue weighted by atomic mass is 19.4. The van der Waals surface area contributed by atoms with Crippen LogP contribution in [0.3, 0.4) is 0 Å². The first kappa shape index (κ1) is 19.7. The number of benzene rings is 3. The fourth-order valence-electron chi connectivity index (χ4n) is 2.98. The van der Waals surface area contributed by atoms with Crippen LogP contribution in [-0.4, -0.2) is 25.0 Å². The van der Waals surface area contributed by atoms with E-state index in [1.54, 1.807) is 19.1 Å². The maximum Gasteiger partial charge on any atom is 0.416 e. The van der Waals surface area contributed by atoms with Gasteiger partial charge in [0.15, 0.2) is 0 Å². The Kier molecular flexibility index (Phi) is 5.58. The number of nitrogens with zero attached hydrogens (tertiary/aromatic N) is 1. The number of ether oxygens (including phenoxy) is 1. The van der Waals surface area contributed by atoms with Crippen molar-refractivity contribution in [2.75, 3.05) is 14.2 Å². The molecule has 28 heavy (non-hydrogen) atoms. The summed E-state index contributed by atoms with van der Waals surface area (Å²) in [6, 6.07) is 16.4. The topological polar surface area (TPSA) is 29.5 Å². The molecule has 0 unspecified atom stereocenters. The maximum atomic E-state index is 12.6. The predicted octanol–water partition coefficient (Wildman–Crippen LogP) is 5.07. The van der Waals surface area contributed by atoms with E-state index in [2.05, 4.69) is 0 Å². The summed E-state index contributed by atoms with van der Waals surface area (Å²) in [7, 11) is 3.30. The van der Waals surface area contributed by atoms with Gasteiger partial charge >= 0.3 is 6.18 Å². The molecular formula is C22H20F3NO2. The average molecular weight is 387 g/mol. The molecule has 0 saturated heterocycles. The van der Waals surface area contributed by atoms with Gasteiger partial charge in [0.1, 0.15) is 5.75 Å². The van der Waals surface area contributed by atoms with Gasteiger partial charge < -0.3 is 9.64 Å². The number of carbonyl (C=O) groups is 1. The van der Waals surface area contributed by atoms with E-state index in [-0.39, 0.29) is 12.3 Å². The zero-order valence-electron chi connectivity index (χ0n) is 15.6. The van der Waals surface area contributed by atoms with Crippen LogP contribution in [0.1, 0.15) is 16.7 Å². The molecule has 3 nitrogen and oxygen atoms in total. The second-order valence-corrected chi connectivity index (χ2v) is 6.67. The van der Waals surface area contributed by atoms with E-state index in [4.69, 9.17) is 4.74 Å². The van der Waals surface area contributed by atoms with Crippen molar-refractivity contribution in [2.45, 2.75) is 19.1 Å². The van der Waals surface area contributed by atoms with Gasteiger partial charge in [0.25, 0.3) is 0 Å². The number of fused-ring (bicyclic) bond motifs is 1. The fourth-order valence-corrected chi connectivity index (χ4v) is 2.98. The van der Waals surface area contributed by atoms with Crippen LogP contribution in [0, 0.1) is 0 Å². The van der Waals surface area contributed by atoms with Gasteiger partial charge in [-0.05, 0) is 52.2 Å². The Balaban J connectivity index is 1.66. The van der Waals surface area contributed by atoms with Gasteiger partial charge in [0.2, 0.25) is 5.91 Å². The van der Waals surface area contributed by atoms with Crippen LogP contribution in [0.25, 0.3) is 10.8 Å². The molecule has 0 radical (unpaired) electrons. The van der Waals surface area contributed by atoms with Crippen LogP contribution >= 0.6 is 0 Å². The quantitative estimate of drug-likeness (QED) is 0.612. The Bertz CT molecular complexity index is 981. The van der Waals surface area contributed by atoms with Gasteiger partial charge in [0.05, 0.1) is 19.1 Å². The molecule has 0 aliphatic carbocycles. The van der Waals surface area contributed by atoms with Crippen LogP contribution in [-0.2, 0) is 23.9 Å². The minimum absolute atomic E-state index is 0.0550. The zero-order chi connectivity index (χ0) is 20.3. The van der Waals surface area contributed by atoms with Crippen molar-refractivity contribution in [1.82, 2.24) is 4.90 Å². The lowest BCUT2D eigenvalue weighted by molar-refractivity contribution is -0.137. The number of halogens is 3. The van der Waals surface area contributed by atoms with Crippen molar-refractivity contribution in [3.63, 3.8) is 0 Å². The molecule has 0 fully saturated rings. The summed E-state index contributed by atoms with van der Waals surface area (Å²) in [6.07, 6.45) is -4.32. The normalized spacial score (nSPS) is 11.5. The number of hydrogen-bond acceptors (Lipinski definition) is 2. The Labute approximate surface area is 161 Å². The van der Waals surface area contributed by atoms with Crippen LogP contribution in [0.5, 0.6) is 5.75 Å².